The zero-order chi connectivity index (χ0) is 29.6. The van der Waals surface area contributed by atoms with Crippen molar-refractivity contribution in [2.24, 2.45) is 5.92 Å². The van der Waals surface area contributed by atoms with Crippen molar-refractivity contribution in [3.05, 3.63) is 41.9 Å². The van der Waals surface area contributed by atoms with Crippen LogP contribution in [0.5, 0.6) is 0 Å². The van der Waals surface area contributed by atoms with Gasteiger partial charge in [0.2, 0.25) is 17.7 Å². The van der Waals surface area contributed by atoms with E-state index in [0.717, 1.165) is 17.0 Å². The molecule has 3 amide bonds. The third-order valence-corrected chi connectivity index (χ3v) is 6.77. The summed E-state index contributed by atoms with van der Waals surface area (Å²) in [5, 5.41) is 5.11. The third kappa shape index (κ3) is 8.25. The molecule has 40 heavy (non-hydrogen) atoms. The van der Waals surface area contributed by atoms with Crippen molar-refractivity contribution in [2.45, 2.75) is 83.6 Å². The van der Waals surface area contributed by atoms with Gasteiger partial charge in [0, 0.05) is 24.6 Å². The number of halogens is 5. The van der Waals surface area contributed by atoms with E-state index in [4.69, 9.17) is 0 Å². The van der Waals surface area contributed by atoms with E-state index in [9.17, 15) is 36.3 Å². The van der Waals surface area contributed by atoms with Gasteiger partial charge in [0.25, 0.3) is 0 Å². The smallest absolute Gasteiger partial charge is 0.345 e. The summed E-state index contributed by atoms with van der Waals surface area (Å²) in [5.41, 5.74) is 0.283. The Morgan fingerprint density at radius 2 is 1.85 bits per heavy atom. The fourth-order valence-corrected chi connectivity index (χ4v) is 4.54. The second-order valence-electron chi connectivity index (χ2n) is 10.4. The molecule has 1 aliphatic heterocycles. The van der Waals surface area contributed by atoms with E-state index in [-0.39, 0.29) is 42.4 Å². The first-order valence-corrected chi connectivity index (χ1v) is 13.2. The number of alkyl halides is 3. The van der Waals surface area contributed by atoms with Gasteiger partial charge in [-0.3, -0.25) is 14.4 Å². The molecule has 0 radical (unpaired) electrons. The van der Waals surface area contributed by atoms with Crippen molar-refractivity contribution in [1.82, 2.24) is 25.5 Å². The minimum atomic E-state index is -4.61. The molecule has 1 aromatic carbocycles. The second-order valence-corrected chi connectivity index (χ2v) is 10.4. The van der Waals surface area contributed by atoms with Gasteiger partial charge >= 0.3 is 6.18 Å². The van der Waals surface area contributed by atoms with Gasteiger partial charge in [0.1, 0.15) is 29.5 Å². The van der Waals surface area contributed by atoms with Crippen LogP contribution >= 0.6 is 0 Å². The predicted octanol–water partition coefficient (Wildman–Crippen LogP) is 4.79. The molecule has 8 nitrogen and oxygen atoms in total. The van der Waals surface area contributed by atoms with E-state index < -0.39 is 60.1 Å². The first-order chi connectivity index (χ1) is 18.8. The molecule has 0 saturated carbocycles. The van der Waals surface area contributed by atoms with Crippen molar-refractivity contribution in [2.75, 3.05) is 6.54 Å². The van der Waals surface area contributed by atoms with Gasteiger partial charge in [-0.15, -0.1) is 0 Å². The molecule has 3 rings (SSSR count). The summed E-state index contributed by atoms with van der Waals surface area (Å²) in [4.78, 5) is 46.5. The Bertz CT molecular complexity index is 1200. The molecule has 2 heterocycles. The SMILES string of the molecule is CC(C)CCC(=O)N[C@@H](CC(=O)N1CCCC[C@@H]1C(F)(F)F)C(=O)N[C@@H](C)c1ncc(-c2ccc(F)cc2F)[nH]1. The van der Waals surface area contributed by atoms with Gasteiger partial charge in [0.15, 0.2) is 0 Å². The van der Waals surface area contributed by atoms with Crippen LogP contribution in [0.4, 0.5) is 22.0 Å². The monoisotopic (exact) mass is 571 g/mol. The average molecular weight is 572 g/mol. The first-order valence-electron chi connectivity index (χ1n) is 13.2. The van der Waals surface area contributed by atoms with Crippen LogP contribution in [0, 0.1) is 17.6 Å². The Kier molecular flexibility index (Phi) is 10.3. The number of nitrogens with zero attached hydrogens (tertiary/aromatic N) is 2. The minimum absolute atomic E-state index is 0.0558. The molecule has 0 bridgehead atoms. The maximum Gasteiger partial charge on any atom is 0.408 e. The van der Waals surface area contributed by atoms with Crippen LogP contribution in [0.25, 0.3) is 11.3 Å². The van der Waals surface area contributed by atoms with Crippen LogP contribution in [0.3, 0.4) is 0 Å². The molecule has 0 spiro atoms. The number of carbonyl (C=O) groups is 3. The number of rotatable bonds is 10. The average Bonchev–Trinajstić information content (AvgIpc) is 3.36. The lowest BCUT2D eigenvalue weighted by atomic mass is 10.00. The highest BCUT2D eigenvalue weighted by molar-refractivity contribution is 5.92. The number of piperidine rings is 1. The molecule has 13 heteroatoms. The van der Waals surface area contributed by atoms with E-state index in [2.05, 4.69) is 20.6 Å². The molecule has 220 valence electrons. The molecule has 1 fully saturated rings. The quantitative estimate of drug-likeness (QED) is 0.357. The lowest BCUT2D eigenvalue weighted by molar-refractivity contribution is -0.196. The highest BCUT2D eigenvalue weighted by atomic mass is 19.4. The minimum Gasteiger partial charge on any atom is -0.345 e. The van der Waals surface area contributed by atoms with Crippen LogP contribution in [-0.2, 0) is 14.4 Å². The summed E-state index contributed by atoms with van der Waals surface area (Å²) in [5.74, 6) is -3.34. The molecule has 1 saturated heterocycles. The number of benzene rings is 1. The number of nitrogens with one attached hydrogen (secondary N) is 3. The second kappa shape index (κ2) is 13.2. The van der Waals surface area contributed by atoms with Gasteiger partial charge in [-0.05, 0) is 50.7 Å². The van der Waals surface area contributed by atoms with Gasteiger partial charge in [-0.25, -0.2) is 13.8 Å². The molecule has 1 aliphatic rings. The number of imidazole rings is 1. The number of carbonyl (C=O) groups excluding carboxylic acids is 3. The van der Waals surface area contributed by atoms with E-state index in [1.54, 1.807) is 6.92 Å². The van der Waals surface area contributed by atoms with E-state index in [1.807, 2.05) is 13.8 Å². The molecule has 0 unspecified atom stereocenters. The van der Waals surface area contributed by atoms with E-state index in [0.29, 0.717) is 19.3 Å². The first kappa shape index (κ1) is 31.0. The van der Waals surface area contributed by atoms with Crippen molar-refractivity contribution in [1.29, 1.82) is 0 Å². The van der Waals surface area contributed by atoms with Gasteiger partial charge in [-0.2, -0.15) is 13.2 Å². The zero-order valence-corrected chi connectivity index (χ0v) is 22.6. The summed E-state index contributed by atoms with van der Waals surface area (Å²) in [6.07, 6.45) is -2.86. The van der Waals surface area contributed by atoms with Crippen LogP contribution in [0.1, 0.15) is 71.2 Å². The molecule has 3 atom stereocenters. The molecule has 0 aliphatic carbocycles. The van der Waals surface area contributed by atoms with E-state index >= 15 is 0 Å². The van der Waals surface area contributed by atoms with Crippen molar-refractivity contribution in [3.63, 3.8) is 0 Å². The van der Waals surface area contributed by atoms with Crippen molar-refractivity contribution in [3.8, 4) is 11.3 Å². The largest absolute Gasteiger partial charge is 0.408 e. The normalized spacial score (nSPS) is 17.4. The van der Waals surface area contributed by atoms with Crippen LogP contribution in [0.2, 0.25) is 0 Å². The van der Waals surface area contributed by atoms with Gasteiger partial charge in [0.05, 0.1) is 24.4 Å². The summed E-state index contributed by atoms with van der Waals surface area (Å²) in [6.45, 7) is 5.27. The van der Waals surface area contributed by atoms with Crippen molar-refractivity contribution < 1.29 is 36.3 Å². The molecular weight excluding hydrogens is 537 g/mol. The van der Waals surface area contributed by atoms with Gasteiger partial charge in [-0.1, -0.05) is 13.8 Å². The highest BCUT2D eigenvalue weighted by Crippen LogP contribution is 2.32. The number of likely N-dealkylation sites (tertiary alicyclic amines) is 1. The predicted molar refractivity (Wildman–Crippen MR) is 137 cm³/mol. The Labute approximate surface area is 229 Å². The van der Waals surface area contributed by atoms with Crippen LogP contribution in [0.15, 0.2) is 24.4 Å². The lowest BCUT2D eigenvalue weighted by Crippen LogP contribution is -2.55. The number of amides is 3. The van der Waals surface area contributed by atoms with Gasteiger partial charge < -0.3 is 20.5 Å². The fraction of sp³-hybridized carbons (Fsp3) is 0.556. The summed E-state index contributed by atoms with van der Waals surface area (Å²) >= 11 is 0. The van der Waals surface area contributed by atoms with Crippen LogP contribution < -0.4 is 10.6 Å². The Morgan fingerprint density at radius 1 is 1.12 bits per heavy atom. The zero-order valence-electron chi connectivity index (χ0n) is 22.6. The Balaban J connectivity index is 1.75. The topological polar surface area (TPSA) is 107 Å². The maximum atomic E-state index is 14.2. The number of aromatic nitrogens is 2. The summed E-state index contributed by atoms with van der Waals surface area (Å²) in [6, 6.07) is -1.15. The molecular formula is C27H34F5N5O3. The maximum absolute atomic E-state index is 14.2. The third-order valence-electron chi connectivity index (χ3n) is 6.77. The van der Waals surface area contributed by atoms with Crippen LogP contribution in [-0.4, -0.2) is 57.4 Å². The molecule has 1 aromatic heterocycles. The number of H-pyrrole nitrogens is 1. The van der Waals surface area contributed by atoms with E-state index in [1.165, 1.54) is 12.3 Å². The summed E-state index contributed by atoms with van der Waals surface area (Å²) in [7, 11) is 0. The fourth-order valence-electron chi connectivity index (χ4n) is 4.54. The standard InChI is InChI=1S/C27H34F5N5O3/c1-15(2)7-10-23(38)35-20(13-24(39)37-11-5-4-6-22(37)27(30,31)32)26(40)34-16(3)25-33-14-21(36-25)18-9-8-17(28)12-19(18)29/h8-9,12,14-16,20,22H,4-7,10-11,13H2,1-3H3,(H,33,36)(H,34,40)(H,35,38)/t16-,20-,22+/m0/s1. The lowest BCUT2D eigenvalue weighted by Gasteiger charge is -2.37. The Morgan fingerprint density at radius 3 is 2.50 bits per heavy atom. The molecule has 3 N–H and O–H groups in total. The number of hydrogen-bond donors (Lipinski definition) is 3. The number of aromatic amines is 1. The Hall–Kier alpha value is -3.51. The van der Waals surface area contributed by atoms with Crippen molar-refractivity contribution >= 4 is 17.7 Å². The number of hydrogen-bond acceptors (Lipinski definition) is 4. The summed E-state index contributed by atoms with van der Waals surface area (Å²) < 4.78 is 68.1. The molecule has 2 aromatic rings. The highest BCUT2D eigenvalue weighted by Gasteiger charge is 2.46.